The van der Waals surface area contributed by atoms with E-state index < -0.39 is 0 Å². The van der Waals surface area contributed by atoms with Gasteiger partial charge in [0.15, 0.2) is 5.78 Å². The van der Waals surface area contributed by atoms with E-state index in [-0.39, 0.29) is 17.6 Å². The van der Waals surface area contributed by atoms with Crippen molar-refractivity contribution in [1.82, 2.24) is 10.3 Å². The highest BCUT2D eigenvalue weighted by atomic mass is 19.1. The molecule has 1 aromatic heterocycles. The molecule has 0 bridgehead atoms. The molecule has 2 aromatic carbocycles. The van der Waals surface area contributed by atoms with Crippen molar-refractivity contribution in [3.63, 3.8) is 0 Å². The summed E-state index contributed by atoms with van der Waals surface area (Å²) in [6.45, 7) is 0. The van der Waals surface area contributed by atoms with E-state index in [1.165, 1.54) is 24.3 Å². The zero-order valence-corrected chi connectivity index (χ0v) is 14.2. The van der Waals surface area contributed by atoms with Gasteiger partial charge in [0, 0.05) is 28.7 Å². The first-order valence-corrected chi connectivity index (χ1v) is 8.70. The molecule has 0 fully saturated rings. The van der Waals surface area contributed by atoms with Crippen LogP contribution < -0.4 is 5.32 Å². The maximum absolute atomic E-state index is 13.0. The van der Waals surface area contributed by atoms with E-state index in [0.29, 0.717) is 12.0 Å². The van der Waals surface area contributed by atoms with Crippen LogP contribution >= 0.6 is 0 Å². The van der Waals surface area contributed by atoms with Crippen molar-refractivity contribution in [1.29, 1.82) is 0 Å². The third kappa shape index (κ3) is 3.31. The fourth-order valence-corrected chi connectivity index (χ4v) is 3.27. The summed E-state index contributed by atoms with van der Waals surface area (Å²) in [5, 5.41) is 3.32. The molecule has 1 aliphatic heterocycles. The number of hydrogen-bond donors (Lipinski definition) is 2. The second kappa shape index (κ2) is 7.00. The average Bonchev–Trinajstić information content (AvgIpc) is 3.19. The molecule has 0 saturated heterocycles. The van der Waals surface area contributed by atoms with E-state index in [0.717, 1.165) is 28.9 Å². The summed E-state index contributed by atoms with van der Waals surface area (Å²) in [7, 11) is 0. The van der Waals surface area contributed by atoms with Crippen molar-refractivity contribution in [2.75, 3.05) is 0 Å². The van der Waals surface area contributed by atoms with Crippen molar-refractivity contribution in [2.24, 2.45) is 0 Å². The monoisotopic (exact) mass is 346 g/mol. The SMILES string of the molecule is O=C(C1=CN[C@@H](c2ccc(-c3ccccc3)[nH]2)CC1)c1ccc(F)cc1. The van der Waals surface area contributed by atoms with E-state index in [2.05, 4.69) is 34.6 Å². The molecule has 0 aliphatic carbocycles. The number of Topliss-reactive ketones (excluding diaryl/α,β-unsaturated/α-hetero) is 1. The van der Waals surface area contributed by atoms with Crippen LogP contribution in [0.4, 0.5) is 4.39 Å². The van der Waals surface area contributed by atoms with E-state index in [1.54, 1.807) is 6.20 Å². The summed E-state index contributed by atoms with van der Waals surface area (Å²) in [4.78, 5) is 16.0. The number of nitrogens with one attached hydrogen (secondary N) is 2. The Bertz CT molecular complexity index is 942. The topological polar surface area (TPSA) is 44.9 Å². The lowest BCUT2D eigenvalue weighted by molar-refractivity contribution is 0.102. The van der Waals surface area contributed by atoms with Gasteiger partial charge in [0.2, 0.25) is 0 Å². The molecule has 26 heavy (non-hydrogen) atoms. The van der Waals surface area contributed by atoms with Crippen LogP contribution in [0.5, 0.6) is 0 Å². The highest BCUT2D eigenvalue weighted by Crippen LogP contribution is 2.28. The largest absolute Gasteiger partial charge is 0.382 e. The molecule has 2 N–H and O–H groups in total. The van der Waals surface area contributed by atoms with Gasteiger partial charge in [-0.2, -0.15) is 0 Å². The molecule has 3 nitrogen and oxygen atoms in total. The van der Waals surface area contributed by atoms with Gasteiger partial charge in [0.1, 0.15) is 5.82 Å². The molecule has 0 radical (unpaired) electrons. The number of allylic oxidation sites excluding steroid dienone is 1. The maximum atomic E-state index is 13.0. The quantitative estimate of drug-likeness (QED) is 0.652. The Balaban J connectivity index is 1.47. The molecule has 0 spiro atoms. The fourth-order valence-electron chi connectivity index (χ4n) is 3.27. The number of aromatic nitrogens is 1. The Kier molecular flexibility index (Phi) is 4.40. The van der Waals surface area contributed by atoms with Gasteiger partial charge in [-0.15, -0.1) is 0 Å². The van der Waals surface area contributed by atoms with Crippen LogP contribution in [0.3, 0.4) is 0 Å². The summed E-state index contributed by atoms with van der Waals surface area (Å²) in [6.07, 6.45) is 3.31. The van der Waals surface area contributed by atoms with Crippen LogP contribution in [-0.4, -0.2) is 10.8 Å². The lowest BCUT2D eigenvalue weighted by Crippen LogP contribution is -2.23. The molecular weight excluding hydrogens is 327 g/mol. The Hall–Kier alpha value is -3.14. The highest BCUT2D eigenvalue weighted by Gasteiger charge is 2.21. The number of rotatable bonds is 4. The molecule has 3 aromatic rings. The molecule has 4 heteroatoms. The minimum absolute atomic E-state index is 0.0487. The number of halogens is 1. The van der Waals surface area contributed by atoms with Gasteiger partial charge in [-0.1, -0.05) is 30.3 Å². The lowest BCUT2D eigenvalue weighted by atomic mass is 9.94. The van der Waals surface area contributed by atoms with Gasteiger partial charge in [0.25, 0.3) is 0 Å². The van der Waals surface area contributed by atoms with Crippen molar-refractivity contribution >= 4 is 5.78 Å². The molecule has 130 valence electrons. The number of hydrogen-bond acceptors (Lipinski definition) is 2. The predicted molar refractivity (Wildman–Crippen MR) is 100 cm³/mol. The van der Waals surface area contributed by atoms with Crippen molar-refractivity contribution in [3.8, 4) is 11.3 Å². The Morgan fingerprint density at radius 1 is 0.962 bits per heavy atom. The van der Waals surface area contributed by atoms with E-state index >= 15 is 0 Å². The molecule has 2 heterocycles. The minimum Gasteiger partial charge on any atom is -0.382 e. The number of H-pyrrole nitrogens is 1. The Morgan fingerprint density at radius 3 is 2.42 bits per heavy atom. The highest BCUT2D eigenvalue weighted by molar-refractivity contribution is 6.08. The van der Waals surface area contributed by atoms with Crippen LogP contribution in [0.2, 0.25) is 0 Å². The first kappa shape index (κ1) is 16.3. The summed E-state index contributed by atoms with van der Waals surface area (Å²) in [5.74, 6) is -0.384. The zero-order chi connectivity index (χ0) is 17.9. The number of aromatic amines is 1. The van der Waals surface area contributed by atoms with Gasteiger partial charge >= 0.3 is 0 Å². The molecule has 0 amide bonds. The van der Waals surface area contributed by atoms with Crippen LogP contribution in [0.15, 0.2) is 78.5 Å². The van der Waals surface area contributed by atoms with Crippen LogP contribution in [0.25, 0.3) is 11.3 Å². The van der Waals surface area contributed by atoms with Crippen molar-refractivity contribution in [2.45, 2.75) is 18.9 Å². The smallest absolute Gasteiger partial charge is 0.190 e. The number of carbonyl (C=O) groups is 1. The van der Waals surface area contributed by atoms with Crippen molar-refractivity contribution in [3.05, 3.63) is 95.6 Å². The lowest BCUT2D eigenvalue weighted by Gasteiger charge is -2.23. The Morgan fingerprint density at radius 2 is 1.73 bits per heavy atom. The molecule has 1 atom stereocenters. The second-order valence-corrected chi connectivity index (χ2v) is 6.46. The summed E-state index contributed by atoms with van der Waals surface area (Å²) >= 11 is 0. The fraction of sp³-hybridized carbons (Fsp3) is 0.136. The summed E-state index contributed by atoms with van der Waals surface area (Å²) in [6, 6.07) is 20.2. The van der Waals surface area contributed by atoms with Gasteiger partial charge < -0.3 is 10.3 Å². The zero-order valence-electron chi connectivity index (χ0n) is 14.2. The van der Waals surface area contributed by atoms with E-state index in [9.17, 15) is 9.18 Å². The van der Waals surface area contributed by atoms with Gasteiger partial charge in [-0.3, -0.25) is 4.79 Å². The van der Waals surface area contributed by atoms with Gasteiger partial charge in [-0.25, -0.2) is 4.39 Å². The van der Waals surface area contributed by atoms with E-state index in [1.807, 2.05) is 18.2 Å². The van der Waals surface area contributed by atoms with Crippen LogP contribution in [0, 0.1) is 5.82 Å². The summed E-state index contributed by atoms with van der Waals surface area (Å²) in [5.41, 5.74) is 4.58. The first-order chi connectivity index (χ1) is 12.7. The minimum atomic E-state index is -0.335. The third-order valence-corrected chi connectivity index (χ3v) is 4.73. The third-order valence-electron chi connectivity index (χ3n) is 4.73. The predicted octanol–water partition coefficient (Wildman–Crippen LogP) is 5.01. The summed E-state index contributed by atoms with van der Waals surface area (Å²) < 4.78 is 13.0. The van der Waals surface area contributed by atoms with Crippen molar-refractivity contribution < 1.29 is 9.18 Å². The standard InChI is InChI=1S/C22H19FN2O/c23-18-9-6-16(7-10-18)22(26)17-8-11-20(24-14-17)21-13-12-19(25-21)15-4-2-1-3-5-15/h1-7,9-10,12-14,20,24-25H,8,11H2/t20-/m1/s1. The van der Waals surface area contributed by atoms with Gasteiger partial charge in [-0.05, 0) is 54.8 Å². The van der Waals surface area contributed by atoms with Crippen LogP contribution in [0.1, 0.15) is 34.9 Å². The molecule has 4 rings (SSSR count). The number of carbonyl (C=O) groups excluding carboxylic acids is 1. The normalized spacial score (nSPS) is 16.7. The molecule has 0 saturated carbocycles. The molecular formula is C22H19FN2O. The van der Waals surface area contributed by atoms with Gasteiger partial charge in [0.05, 0.1) is 6.04 Å². The Labute approximate surface area is 151 Å². The molecule has 0 unspecified atom stereocenters. The maximum Gasteiger partial charge on any atom is 0.190 e. The van der Waals surface area contributed by atoms with E-state index in [4.69, 9.17) is 0 Å². The number of ketones is 1. The molecule has 1 aliphatic rings. The first-order valence-electron chi connectivity index (χ1n) is 8.70. The average molecular weight is 346 g/mol. The second-order valence-electron chi connectivity index (χ2n) is 6.46. The van der Waals surface area contributed by atoms with Crippen LogP contribution in [-0.2, 0) is 0 Å². The number of benzene rings is 2.